The van der Waals surface area contributed by atoms with Crippen molar-refractivity contribution < 1.29 is 13.5 Å². The Labute approximate surface area is 102 Å². The molecule has 0 aliphatic rings. The van der Waals surface area contributed by atoms with Gasteiger partial charge in [0, 0.05) is 5.56 Å². The van der Waals surface area contributed by atoms with E-state index in [1.165, 1.54) is 17.4 Å². The van der Waals surface area contributed by atoms with Gasteiger partial charge in [-0.05, 0) is 28.5 Å². The number of hydrogen-bond acceptors (Lipinski definition) is 3. The molecule has 1 aromatic carbocycles. The summed E-state index contributed by atoms with van der Waals surface area (Å²) in [7, 11) is 0. The highest BCUT2D eigenvalue weighted by atomic mass is 32.1. The molecule has 0 radical (unpaired) electrons. The number of halogens is 2. The number of thiophene rings is 1. The molecule has 0 saturated carbocycles. The molecule has 0 bridgehead atoms. The molecule has 0 aliphatic carbocycles. The molecule has 1 heterocycles. The van der Waals surface area contributed by atoms with Gasteiger partial charge in [-0.1, -0.05) is 18.2 Å². The zero-order valence-corrected chi connectivity index (χ0v) is 9.66. The predicted octanol–water partition coefficient (Wildman–Crippen LogP) is 3.40. The molecular formula is C12H11F2NOS. The molecule has 90 valence electrons. The van der Waals surface area contributed by atoms with Crippen LogP contribution in [0.3, 0.4) is 0 Å². The van der Waals surface area contributed by atoms with Gasteiger partial charge in [-0.3, -0.25) is 0 Å². The fraction of sp³-hybridized carbons (Fsp3) is 0.167. The van der Waals surface area contributed by atoms with Crippen LogP contribution in [0.2, 0.25) is 0 Å². The Morgan fingerprint density at radius 3 is 2.59 bits per heavy atom. The Bertz CT molecular complexity index is 473. The molecule has 2 rings (SSSR count). The summed E-state index contributed by atoms with van der Waals surface area (Å²) in [6, 6.07) is 8.00. The maximum atomic E-state index is 12.2. The zero-order chi connectivity index (χ0) is 12.3. The molecular weight excluding hydrogens is 244 g/mol. The Morgan fingerprint density at radius 2 is 1.94 bits per heavy atom. The van der Waals surface area contributed by atoms with Crippen LogP contribution in [0.4, 0.5) is 8.78 Å². The second-order valence-corrected chi connectivity index (χ2v) is 4.23. The third kappa shape index (κ3) is 2.81. The number of ether oxygens (including phenoxy) is 1. The first-order chi connectivity index (χ1) is 8.18. The molecule has 0 spiro atoms. The van der Waals surface area contributed by atoms with Gasteiger partial charge in [0.15, 0.2) is 0 Å². The fourth-order valence-corrected chi connectivity index (χ4v) is 2.27. The second-order valence-electron chi connectivity index (χ2n) is 3.45. The smallest absolute Gasteiger partial charge is 0.387 e. The Kier molecular flexibility index (Phi) is 3.71. The highest BCUT2D eigenvalue weighted by molar-refractivity contribution is 7.08. The van der Waals surface area contributed by atoms with Crippen LogP contribution in [0.25, 0.3) is 0 Å². The first-order valence-electron chi connectivity index (χ1n) is 5.00. The number of nitrogens with two attached hydrogens (primary N) is 1. The van der Waals surface area contributed by atoms with E-state index in [1.54, 1.807) is 18.2 Å². The summed E-state index contributed by atoms with van der Waals surface area (Å²) >= 11 is 1.51. The lowest BCUT2D eigenvalue weighted by Crippen LogP contribution is -2.14. The molecule has 1 aromatic heterocycles. The van der Waals surface area contributed by atoms with Crippen LogP contribution in [0.1, 0.15) is 17.2 Å². The van der Waals surface area contributed by atoms with E-state index in [-0.39, 0.29) is 5.75 Å². The monoisotopic (exact) mass is 255 g/mol. The number of rotatable bonds is 4. The van der Waals surface area contributed by atoms with E-state index in [1.807, 2.05) is 16.8 Å². The van der Waals surface area contributed by atoms with Crippen molar-refractivity contribution >= 4 is 11.3 Å². The predicted molar refractivity (Wildman–Crippen MR) is 63.4 cm³/mol. The largest absolute Gasteiger partial charge is 0.434 e. The molecule has 2 nitrogen and oxygen atoms in total. The minimum Gasteiger partial charge on any atom is -0.434 e. The molecule has 0 saturated heterocycles. The van der Waals surface area contributed by atoms with Crippen molar-refractivity contribution in [2.45, 2.75) is 12.7 Å². The summed E-state index contributed by atoms with van der Waals surface area (Å²) in [5, 5.41) is 3.79. The number of para-hydroxylation sites is 1. The van der Waals surface area contributed by atoms with Crippen LogP contribution in [0.15, 0.2) is 41.1 Å². The van der Waals surface area contributed by atoms with E-state index < -0.39 is 12.7 Å². The van der Waals surface area contributed by atoms with Crippen LogP contribution in [-0.4, -0.2) is 6.61 Å². The number of alkyl halides is 2. The van der Waals surface area contributed by atoms with Gasteiger partial charge < -0.3 is 10.5 Å². The summed E-state index contributed by atoms with van der Waals surface area (Å²) in [5.74, 6) is 0.126. The average Bonchev–Trinajstić information content (AvgIpc) is 2.81. The van der Waals surface area contributed by atoms with Crippen molar-refractivity contribution in [3.05, 3.63) is 52.2 Å². The van der Waals surface area contributed by atoms with Crippen molar-refractivity contribution in [3.63, 3.8) is 0 Å². The van der Waals surface area contributed by atoms with E-state index in [0.29, 0.717) is 5.56 Å². The minimum atomic E-state index is -2.84. The molecule has 0 fully saturated rings. The number of hydrogen-bond donors (Lipinski definition) is 1. The average molecular weight is 255 g/mol. The molecule has 1 unspecified atom stereocenters. The third-order valence-electron chi connectivity index (χ3n) is 2.37. The lowest BCUT2D eigenvalue weighted by molar-refractivity contribution is -0.0505. The quantitative estimate of drug-likeness (QED) is 0.908. The van der Waals surface area contributed by atoms with Gasteiger partial charge in [0.2, 0.25) is 0 Å². The molecule has 2 N–H and O–H groups in total. The summed E-state index contributed by atoms with van der Waals surface area (Å²) in [6.45, 7) is -2.84. The van der Waals surface area contributed by atoms with Gasteiger partial charge in [-0.2, -0.15) is 20.1 Å². The molecule has 0 amide bonds. The van der Waals surface area contributed by atoms with E-state index in [0.717, 1.165) is 5.56 Å². The second kappa shape index (κ2) is 5.25. The Balaban J connectivity index is 2.31. The minimum absolute atomic E-state index is 0.126. The maximum absolute atomic E-state index is 12.2. The van der Waals surface area contributed by atoms with Gasteiger partial charge in [0.05, 0.1) is 6.04 Å². The Hall–Kier alpha value is -1.46. The summed E-state index contributed by atoms with van der Waals surface area (Å²) < 4.78 is 28.9. The Morgan fingerprint density at radius 1 is 1.18 bits per heavy atom. The zero-order valence-electron chi connectivity index (χ0n) is 8.85. The van der Waals surface area contributed by atoms with Crippen molar-refractivity contribution in [1.29, 1.82) is 0 Å². The summed E-state index contributed by atoms with van der Waals surface area (Å²) in [4.78, 5) is 0. The van der Waals surface area contributed by atoms with E-state index in [4.69, 9.17) is 5.73 Å². The highest BCUT2D eigenvalue weighted by Gasteiger charge is 2.16. The van der Waals surface area contributed by atoms with Crippen molar-refractivity contribution in [1.82, 2.24) is 0 Å². The van der Waals surface area contributed by atoms with Gasteiger partial charge in [0.25, 0.3) is 0 Å². The van der Waals surface area contributed by atoms with Gasteiger partial charge >= 0.3 is 6.61 Å². The van der Waals surface area contributed by atoms with E-state index in [9.17, 15) is 8.78 Å². The molecule has 5 heteroatoms. The maximum Gasteiger partial charge on any atom is 0.387 e. The lowest BCUT2D eigenvalue weighted by atomic mass is 10.0. The summed E-state index contributed by atoms with van der Waals surface area (Å²) in [6.07, 6.45) is 0. The normalized spacial score (nSPS) is 12.7. The van der Waals surface area contributed by atoms with Crippen LogP contribution < -0.4 is 10.5 Å². The van der Waals surface area contributed by atoms with Crippen molar-refractivity contribution in [2.75, 3.05) is 0 Å². The van der Waals surface area contributed by atoms with Gasteiger partial charge in [0.1, 0.15) is 5.75 Å². The lowest BCUT2D eigenvalue weighted by Gasteiger charge is -2.15. The molecule has 1 atom stereocenters. The van der Waals surface area contributed by atoms with Crippen LogP contribution in [-0.2, 0) is 0 Å². The van der Waals surface area contributed by atoms with Gasteiger partial charge in [-0.15, -0.1) is 0 Å². The van der Waals surface area contributed by atoms with Crippen LogP contribution >= 0.6 is 11.3 Å². The summed E-state index contributed by atoms with van der Waals surface area (Å²) in [5.41, 5.74) is 7.47. The number of benzene rings is 1. The third-order valence-corrected chi connectivity index (χ3v) is 3.07. The molecule has 17 heavy (non-hydrogen) atoms. The first-order valence-corrected chi connectivity index (χ1v) is 5.94. The van der Waals surface area contributed by atoms with Crippen molar-refractivity contribution in [2.24, 2.45) is 5.73 Å². The first kappa shape index (κ1) is 12.0. The molecule has 2 aromatic rings. The molecule has 0 aliphatic heterocycles. The fourth-order valence-electron chi connectivity index (χ4n) is 1.57. The van der Waals surface area contributed by atoms with Crippen LogP contribution in [0.5, 0.6) is 5.75 Å². The SMILES string of the molecule is NC(c1ccsc1)c1ccccc1OC(F)F. The van der Waals surface area contributed by atoms with Crippen LogP contribution in [0, 0.1) is 0 Å². The topological polar surface area (TPSA) is 35.2 Å². The van der Waals surface area contributed by atoms with Crippen molar-refractivity contribution in [3.8, 4) is 5.75 Å². The standard InChI is InChI=1S/C12H11F2NOS/c13-12(14)16-10-4-2-1-3-9(10)11(15)8-5-6-17-7-8/h1-7,11-12H,15H2. The van der Waals surface area contributed by atoms with E-state index in [2.05, 4.69) is 4.74 Å². The highest BCUT2D eigenvalue weighted by Crippen LogP contribution is 2.30. The van der Waals surface area contributed by atoms with E-state index >= 15 is 0 Å². The van der Waals surface area contributed by atoms with Gasteiger partial charge in [-0.25, -0.2) is 0 Å².